The number of hydrogen-bond acceptors (Lipinski definition) is 3. The van der Waals surface area contributed by atoms with E-state index in [0.29, 0.717) is 24.7 Å². The van der Waals surface area contributed by atoms with Gasteiger partial charge in [0.25, 0.3) is 5.91 Å². The zero-order chi connectivity index (χ0) is 19.7. The number of carbonyl (C=O) groups is 1. The van der Waals surface area contributed by atoms with Crippen molar-refractivity contribution < 1.29 is 18.0 Å². The number of alkyl halides is 3. The van der Waals surface area contributed by atoms with Crippen LogP contribution >= 0.6 is 0 Å². The van der Waals surface area contributed by atoms with E-state index in [2.05, 4.69) is 10.4 Å². The summed E-state index contributed by atoms with van der Waals surface area (Å²) in [6.45, 7) is 2.37. The van der Waals surface area contributed by atoms with Gasteiger partial charge in [0.15, 0.2) is 0 Å². The molecule has 0 bridgehead atoms. The van der Waals surface area contributed by atoms with Crippen LogP contribution < -0.4 is 5.32 Å². The largest absolute Gasteiger partial charge is 0.433 e. The van der Waals surface area contributed by atoms with Crippen LogP contribution in [0.25, 0.3) is 5.69 Å². The fraction of sp³-hybridized carbons (Fsp3) is 0.500. The molecular weight excluding hydrogens is 369 g/mol. The van der Waals surface area contributed by atoms with Gasteiger partial charge in [0.1, 0.15) is 5.69 Å². The molecule has 2 fully saturated rings. The minimum absolute atomic E-state index is 0.150. The second-order valence-corrected chi connectivity index (χ2v) is 7.59. The second-order valence-electron chi connectivity index (χ2n) is 7.59. The van der Waals surface area contributed by atoms with Crippen molar-refractivity contribution in [2.24, 2.45) is 5.92 Å². The summed E-state index contributed by atoms with van der Waals surface area (Å²) in [4.78, 5) is 14.6. The van der Waals surface area contributed by atoms with E-state index < -0.39 is 11.9 Å². The molecule has 0 atom stereocenters. The van der Waals surface area contributed by atoms with Crippen LogP contribution in [0.3, 0.4) is 0 Å². The van der Waals surface area contributed by atoms with Gasteiger partial charge in [-0.3, -0.25) is 4.79 Å². The van der Waals surface area contributed by atoms with E-state index in [9.17, 15) is 18.0 Å². The fourth-order valence-electron chi connectivity index (χ4n) is 3.62. The third-order valence-corrected chi connectivity index (χ3v) is 5.45. The molecule has 1 N–H and O–H groups in total. The number of nitrogens with zero attached hydrogens (tertiary/aromatic N) is 3. The van der Waals surface area contributed by atoms with Crippen LogP contribution in [0, 0.1) is 5.92 Å². The van der Waals surface area contributed by atoms with Crippen LogP contribution in [0.4, 0.5) is 13.2 Å². The predicted molar refractivity (Wildman–Crippen MR) is 98.2 cm³/mol. The van der Waals surface area contributed by atoms with Gasteiger partial charge < -0.3 is 10.2 Å². The Morgan fingerprint density at radius 3 is 2.57 bits per heavy atom. The van der Waals surface area contributed by atoms with Crippen LogP contribution in [-0.2, 0) is 6.18 Å². The lowest BCUT2D eigenvalue weighted by Crippen LogP contribution is -2.45. The van der Waals surface area contributed by atoms with Gasteiger partial charge in [0.2, 0.25) is 0 Å². The van der Waals surface area contributed by atoms with E-state index in [4.69, 9.17) is 0 Å². The van der Waals surface area contributed by atoms with Gasteiger partial charge in [0.05, 0.1) is 11.9 Å². The Morgan fingerprint density at radius 1 is 1.14 bits per heavy atom. The third kappa shape index (κ3) is 4.22. The monoisotopic (exact) mass is 392 g/mol. The van der Waals surface area contributed by atoms with Gasteiger partial charge in [0, 0.05) is 24.7 Å². The van der Waals surface area contributed by atoms with Crippen molar-refractivity contribution in [1.82, 2.24) is 20.0 Å². The van der Waals surface area contributed by atoms with Crippen molar-refractivity contribution in [3.63, 3.8) is 0 Å². The normalized spacial score (nSPS) is 18.5. The van der Waals surface area contributed by atoms with Gasteiger partial charge >= 0.3 is 6.18 Å². The predicted octanol–water partition coefficient (Wildman–Crippen LogP) is 3.50. The highest BCUT2D eigenvalue weighted by Gasteiger charge is 2.35. The fourth-order valence-corrected chi connectivity index (χ4v) is 3.62. The summed E-state index contributed by atoms with van der Waals surface area (Å²) in [5, 5.41) is 7.35. The van der Waals surface area contributed by atoms with Gasteiger partial charge in [-0.2, -0.15) is 18.3 Å². The summed E-state index contributed by atoms with van der Waals surface area (Å²) in [7, 11) is 0. The minimum atomic E-state index is -4.51. The summed E-state index contributed by atoms with van der Waals surface area (Å²) in [6, 6.07) is 7.59. The third-order valence-electron chi connectivity index (χ3n) is 5.45. The zero-order valence-corrected chi connectivity index (χ0v) is 15.5. The topological polar surface area (TPSA) is 50.2 Å². The molecule has 1 saturated carbocycles. The number of hydrogen-bond donors (Lipinski definition) is 1. The van der Waals surface area contributed by atoms with Crippen molar-refractivity contribution in [1.29, 1.82) is 0 Å². The molecule has 8 heteroatoms. The van der Waals surface area contributed by atoms with Crippen LogP contribution in [0.15, 0.2) is 36.5 Å². The quantitative estimate of drug-likeness (QED) is 0.848. The number of carbonyl (C=O) groups excluding carboxylic acids is 1. The van der Waals surface area contributed by atoms with Gasteiger partial charge in [-0.1, -0.05) is 6.07 Å². The average Bonchev–Trinajstić information content (AvgIpc) is 3.38. The molecular formula is C20H23F3N4O. The summed E-state index contributed by atoms with van der Waals surface area (Å²) in [5.41, 5.74) is -0.255. The van der Waals surface area contributed by atoms with E-state index >= 15 is 0 Å². The standard InChI is InChI=1S/C20H23F3N4O/c21-20(22,23)18-6-9-25-27(18)17-3-1-2-15(12-17)19(28)26-10-7-16(8-11-26)24-13-14-4-5-14/h1-3,6,9,12,14,16,24H,4-5,7-8,10-11,13H2. The van der Waals surface area contributed by atoms with Crippen molar-refractivity contribution in [2.45, 2.75) is 37.9 Å². The summed E-state index contributed by atoms with van der Waals surface area (Å²) < 4.78 is 40.2. The molecule has 2 heterocycles. The minimum Gasteiger partial charge on any atom is -0.339 e. The molecule has 2 aromatic rings. The van der Waals surface area contributed by atoms with Gasteiger partial charge in [-0.25, -0.2) is 4.68 Å². The highest BCUT2D eigenvalue weighted by Crippen LogP contribution is 2.31. The molecule has 1 saturated heterocycles. The molecule has 0 radical (unpaired) electrons. The Bertz CT molecular complexity index is 836. The molecule has 1 amide bonds. The lowest BCUT2D eigenvalue weighted by atomic mass is 10.0. The van der Waals surface area contributed by atoms with Gasteiger partial charge in [-0.15, -0.1) is 0 Å². The smallest absolute Gasteiger partial charge is 0.339 e. The number of benzene rings is 1. The summed E-state index contributed by atoms with van der Waals surface area (Å²) in [6.07, 6.45) is 1.02. The average molecular weight is 392 g/mol. The first-order valence-electron chi connectivity index (χ1n) is 9.66. The molecule has 0 unspecified atom stereocenters. The maximum atomic E-state index is 13.1. The Kier molecular flexibility index (Phi) is 5.14. The molecule has 1 aliphatic carbocycles. The number of aromatic nitrogens is 2. The Labute approximate surface area is 161 Å². The van der Waals surface area contributed by atoms with E-state index in [0.717, 1.165) is 42.2 Å². The van der Waals surface area contributed by atoms with Crippen molar-refractivity contribution in [3.8, 4) is 5.69 Å². The lowest BCUT2D eigenvalue weighted by Gasteiger charge is -2.32. The van der Waals surface area contributed by atoms with E-state index in [1.165, 1.54) is 25.0 Å². The molecule has 0 spiro atoms. The molecule has 28 heavy (non-hydrogen) atoms. The van der Waals surface area contributed by atoms with E-state index in [1.807, 2.05) is 0 Å². The molecule has 150 valence electrons. The first-order valence-corrected chi connectivity index (χ1v) is 9.66. The number of amides is 1. The highest BCUT2D eigenvalue weighted by atomic mass is 19.4. The molecule has 4 rings (SSSR count). The first-order chi connectivity index (χ1) is 13.4. The Hall–Kier alpha value is -2.35. The maximum Gasteiger partial charge on any atom is 0.433 e. The Morgan fingerprint density at radius 2 is 1.89 bits per heavy atom. The van der Waals surface area contributed by atoms with Crippen molar-refractivity contribution in [2.75, 3.05) is 19.6 Å². The van der Waals surface area contributed by atoms with Crippen LogP contribution in [-0.4, -0.2) is 46.3 Å². The SMILES string of the molecule is O=C(c1cccc(-n2nccc2C(F)(F)F)c1)N1CCC(NCC2CC2)CC1. The second kappa shape index (κ2) is 7.58. The van der Waals surface area contributed by atoms with E-state index in [-0.39, 0.29) is 11.6 Å². The van der Waals surface area contributed by atoms with Gasteiger partial charge in [-0.05, 0) is 62.4 Å². The lowest BCUT2D eigenvalue weighted by molar-refractivity contribution is -0.142. The number of piperidine rings is 1. The number of halogens is 3. The number of likely N-dealkylation sites (tertiary alicyclic amines) is 1. The van der Waals surface area contributed by atoms with Crippen molar-refractivity contribution >= 4 is 5.91 Å². The first kappa shape index (κ1) is 19.0. The Balaban J connectivity index is 1.43. The molecule has 1 aliphatic heterocycles. The zero-order valence-electron chi connectivity index (χ0n) is 15.5. The molecule has 1 aromatic carbocycles. The molecule has 5 nitrogen and oxygen atoms in total. The highest BCUT2D eigenvalue weighted by molar-refractivity contribution is 5.94. The van der Waals surface area contributed by atoms with Crippen LogP contribution in [0.1, 0.15) is 41.7 Å². The molecule has 2 aliphatic rings. The maximum absolute atomic E-state index is 13.1. The summed E-state index contributed by atoms with van der Waals surface area (Å²) >= 11 is 0. The van der Waals surface area contributed by atoms with Crippen LogP contribution in [0.5, 0.6) is 0 Å². The summed E-state index contributed by atoms with van der Waals surface area (Å²) in [5.74, 6) is 0.675. The molecule has 1 aromatic heterocycles. The van der Waals surface area contributed by atoms with Crippen molar-refractivity contribution in [3.05, 3.63) is 47.8 Å². The number of rotatable bonds is 5. The number of nitrogens with one attached hydrogen (secondary N) is 1. The van der Waals surface area contributed by atoms with Crippen LogP contribution in [0.2, 0.25) is 0 Å². The van der Waals surface area contributed by atoms with E-state index in [1.54, 1.807) is 17.0 Å².